The van der Waals surface area contributed by atoms with Crippen LogP contribution in [0.2, 0.25) is 0 Å². The highest BCUT2D eigenvalue weighted by atomic mass is 16.6. The second-order valence-corrected chi connectivity index (χ2v) is 8.56. The van der Waals surface area contributed by atoms with Crippen LogP contribution in [0, 0.1) is 0 Å². The first-order valence-corrected chi connectivity index (χ1v) is 11.7. The average molecular weight is 456 g/mol. The number of nitrogens with zero attached hydrogens (tertiary/aromatic N) is 1. The number of hydrogen-bond donors (Lipinski definition) is 1. The van der Waals surface area contributed by atoms with Gasteiger partial charge in [-0.2, -0.15) is 0 Å². The number of aryl methyl sites for hydroxylation is 3. The van der Waals surface area contributed by atoms with Crippen molar-refractivity contribution < 1.29 is 24.2 Å². The van der Waals surface area contributed by atoms with E-state index in [1.54, 1.807) is 0 Å². The second kappa shape index (κ2) is 14.3. The van der Waals surface area contributed by atoms with Crippen molar-refractivity contribution in [3.63, 3.8) is 0 Å². The molecular formula is C27H37NO5. The number of carbonyl (C=O) groups excluding carboxylic acids is 1. The van der Waals surface area contributed by atoms with Crippen molar-refractivity contribution in [3.05, 3.63) is 65.2 Å². The van der Waals surface area contributed by atoms with E-state index < -0.39 is 12.1 Å². The van der Waals surface area contributed by atoms with Gasteiger partial charge < -0.3 is 19.5 Å². The molecule has 180 valence electrons. The summed E-state index contributed by atoms with van der Waals surface area (Å²) in [6.45, 7) is 2.97. The molecule has 6 nitrogen and oxygen atoms in total. The van der Waals surface area contributed by atoms with Crippen LogP contribution in [0.25, 0.3) is 0 Å². The van der Waals surface area contributed by atoms with Gasteiger partial charge in [-0.3, -0.25) is 9.59 Å². The normalized spacial score (nSPS) is 11.9. The molecule has 0 bridgehead atoms. The number of carboxylic acid groups (broad SMARTS) is 1. The SMILES string of the molecule is CCc1ccc(CCc2ccccc2OCC(CN(C)C)OC(=O)CCCCC(=O)O)cc1. The lowest BCUT2D eigenvalue weighted by molar-refractivity contribution is -0.151. The predicted molar refractivity (Wildman–Crippen MR) is 130 cm³/mol. The van der Waals surface area contributed by atoms with Gasteiger partial charge in [-0.25, -0.2) is 0 Å². The van der Waals surface area contributed by atoms with Crippen LogP contribution in [-0.2, 0) is 33.6 Å². The Hall–Kier alpha value is -2.86. The molecule has 0 aliphatic rings. The van der Waals surface area contributed by atoms with Gasteiger partial charge in [-0.05, 0) is 69.0 Å². The molecule has 6 heteroatoms. The van der Waals surface area contributed by atoms with Gasteiger partial charge in [-0.15, -0.1) is 0 Å². The summed E-state index contributed by atoms with van der Waals surface area (Å²) in [6, 6.07) is 16.7. The van der Waals surface area contributed by atoms with Crippen molar-refractivity contribution in [2.75, 3.05) is 27.2 Å². The molecule has 2 aromatic carbocycles. The molecule has 2 rings (SSSR count). The van der Waals surface area contributed by atoms with Crippen LogP contribution >= 0.6 is 0 Å². The van der Waals surface area contributed by atoms with E-state index in [-0.39, 0.29) is 25.4 Å². The van der Waals surface area contributed by atoms with Crippen LogP contribution in [0.4, 0.5) is 0 Å². The number of carbonyl (C=O) groups is 2. The molecule has 33 heavy (non-hydrogen) atoms. The molecule has 2 aromatic rings. The van der Waals surface area contributed by atoms with Gasteiger partial charge in [0.25, 0.3) is 0 Å². The van der Waals surface area contributed by atoms with Crippen molar-refractivity contribution >= 4 is 11.9 Å². The van der Waals surface area contributed by atoms with Crippen LogP contribution in [0.5, 0.6) is 5.75 Å². The number of ether oxygens (including phenoxy) is 2. The zero-order valence-corrected chi connectivity index (χ0v) is 20.1. The van der Waals surface area contributed by atoms with E-state index >= 15 is 0 Å². The lowest BCUT2D eigenvalue weighted by atomic mass is 10.0. The van der Waals surface area contributed by atoms with Crippen molar-refractivity contribution in [1.82, 2.24) is 4.90 Å². The zero-order chi connectivity index (χ0) is 24.1. The highest BCUT2D eigenvalue weighted by Gasteiger charge is 2.17. The molecule has 0 saturated heterocycles. The van der Waals surface area contributed by atoms with E-state index in [9.17, 15) is 9.59 Å². The zero-order valence-electron chi connectivity index (χ0n) is 20.1. The first-order valence-electron chi connectivity index (χ1n) is 11.7. The van der Waals surface area contributed by atoms with E-state index in [1.165, 1.54) is 11.1 Å². The molecule has 1 atom stereocenters. The number of rotatable bonds is 15. The number of benzene rings is 2. The van der Waals surface area contributed by atoms with Gasteiger partial charge in [0.05, 0.1) is 0 Å². The third kappa shape index (κ3) is 10.5. The van der Waals surface area contributed by atoms with Crippen molar-refractivity contribution in [3.8, 4) is 5.75 Å². The number of hydrogen-bond acceptors (Lipinski definition) is 5. The highest BCUT2D eigenvalue weighted by Crippen LogP contribution is 2.21. The van der Waals surface area contributed by atoms with Crippen molar-refractivity contribution in [1.29, 1.82) is 0 Å². The maximum absolute atomic E-state index is 12.2. The quantitative estimate of drug-likeness (QED) is 0.314. The highest BCUT2D eigenvalue weighted by molar-refractivity contribution is 5.70. The Kier molecular flexibility index (Phi) is 11.5. The van der Waals surface area contributed by atoms with Gasteiger partial charge in [0.1, 0.15) is 18.5 Å². The van der Waals surface area contributed by atoms with E-state index in [1.807, 2.05) is 37.2 Å². The Morgan fingerprint density at radius 3 is 2.27 bits per heavy atom. The average Bonchev–Trinajstić information content (AvgIpc) is 2.79. The van der Waals surface area contributed by atoms with E-state index in [0.717, 1.165) is 30.6 Å². The molecule has 0 radical (unpaired) electrons. The Morgan fingerprint density at radius 1 is 0.939 bits per heavy atom. The Morgan fingerprint density at radius 2 is 1.61 bits per heavy atom. The van der Waals surface area contributed by atoms with E-state index in [2.05, 4.69) is 37.3 Å². The lowest BCUT2D eigenvalue weighted by Gasteiger charge is -2.22. The third-order valence-electron chi connectivity index (χ3n) is 5.40. The van der Waals surface area contributed by atoms with E-state index in [0.29, 0.717) is 19.4 Å². The second-order valence-electron chi connectivity index (χ2n) is 8.56. The molecule has 0 fully saturated rings. The molecular weight excluding hydrogens is 418 g/mol. The van der Waals surface area contributed by atoms with Gasteiger partial charge in [0.15, 0.2) is 0 Å². The molecule has 1 unspecified atom stereocenters. The largest absolute Gasteiger partial charge is 0.489 e. The summed E-state index contributed by atoms with van der Waals surface area (Å²) < 4.78 is 11.7. The Bertz CT molecular complexity index is 863. The molecule has 0 amide bonds. The topological polar surface area (TPSA) is 76.1 Å². The Balaban J connectivity index is 1.90. The lowest BCUT2D eigenvalue weighted by Crippen LogP contribution is -2.35. The number of unbranched alkanes of at least 4 members (excludes halogenated alkanes) is 1. The first-order chi connectivity index (χ1) is 15.9. The van der Waals surface area contributed by atoms with Gasteiger partial charge in [0.2, 0.25) is 0 Å². The summed E-state index contributed by atoms with van der Waals surface area (Å²) in [5.74, 6) is -0.359. The predicted octanol–water partition coefficient (Wildman–Crippen LogP) is 4.53. The number of para-hydroxylation sites is 1. The number of carboxylic acids is 1. The van der Waals surface area contributed by atoms with Crippen LogP contribution in [0.3, 0.4) is 0 Å². The fourth-order valence-corrected chi connectivity index (χ4v) is 3.58. The molecule has 0 aliphatic heterocycles. The monoisotopic (exact) mass is 455 g/mol. The minimum Gasteiger partial charge on any atom is -0.489 e. The van der Waals surface area contributed by atoms with Crippen LogP contribution in [-0.4, -0.2) is 55.3 Å². The molecule has 0 aromatic heterocycles. The molecule has 1 N–H and O–H groups in total. The van der Waals surface area contributed by atoms with Crippen LogP contribution < -0.4 is 4.74 Å². The standard InChI is InChI=1S/C27H37NO5/c1-4-21-13-15-22(16-14-21)17-18-23-9-5-6-10-25(23)32-20-24(19-28(2)3)33-27(31)12-8-7-11-26(29)30/h5-6,9-10,13-16,24H,4,7-8,11-12,17-20H2,1-3H3,(H,29,30). The number of likely N-dealkylation sites (N-methyl/N-ethyl adjacent to an activating group) is 1. The summed E-state index contributed by atoms with van der Waals surface area (Å²) in [4.78, 5) is 24.8. The molecule has 0 aliphatic carbocycles. The maximum Gasteiger partial charge on any atom is 0.306 e. The minimum atomic E-state index is -0.848. The van der Waals surface area contributed by atoms with Gasteiger partial charge >= 0.3 is 11.9 Å². The molecule has 0 saturated carbocycles. The smallest absolute Gasteiger partial charge is 0.306 e. The summed E-state index contributed by atoms with van der Waals surface area (Å²) in [5, 5.41) is 8.71. The van der Waals surface area contributed by atoms with Crippen LogP contribution in [0.1, 0.15) is 49.3 Å². The van der Waals surface area contributed by atoms with Gasteiger partial charge in [0, 0.05) is 19.4 Å². The molecule has 0 spiro atoms. The van der Waals surface area contributed by atoms with Crippen molar-refractivity contribution in [2.45, 2.75) is 58.0 Å². The maximum atomic E-state index is 12.2. The first kappa shape index (κ1) is 26.4. The van der Waals surface area contributed by atoms with Crippen LogP contribution in [0.15, 0.2) is 48.5 Å². The third-order valence-corrected chi connectivity index (χ3v) is 5.40. The summed E-state index contributed by atoms with van der Waals surface area (Å²) in [6.07, 6.45) is 3.68. The summed E-state index contributed by atoms with van der Waals surface area (Å²) in [5.41, 5.74) is 3.76. The summed E-state index contributed by atoms with van der Waals surface area (Å²) in [7, 11) is 3.84. The van der Waals surface area contributed by atoms with Gasteiger partial charge in [-0.1, -0.05) is 49.4 Å². The van der Waals surface area contributed by atoms with Crippen molar-refractivity contribution in [2.24, 2.45) is 0 Å². The molecule has 0 heterocycles. The number of aliphatic carboxylic acids is 1. The minimum absolute atomic E-state index is 0.0665. The Labute approximate surface area is 197 Å². The fourth-order valence-electron chi connectivity index (χ4n) is 3.58. The fraction of sp³-hybridized carbons (Fsp3) is 0.481. The summed E-state index contributed by atoms with van der Waals surface area (Å²) >= 11 is 0. The number of esters is 1. The van der Waals surface area contributed by atoms with E-state index in [4.69, 9.17) is 14.6 Å².